The molecule has 34 heavy (non-hydrogen) atoms. The van der Waals surface area contributed by atoms with Crippen LogP contribution in [-0.2, 0) is 14.8 Å². The van der Waals surface area contributed by atoms with Crippen LogP contribution < -0.4 is 10.1 Å². The molecule has 1 atom stereocenters. The first-order chi connectivity index (χ1) is 16.4. The Morgan fingerprint density at radius 2 is 1.91 bits per heavy atom. The van der Waals surface area contributed by atoms with Crippen LogP contribution in [0.2, 0.25) is 0 Å². The molecule has 3 heterocycles. The number of methoxy groups -OCH3 is 1. The number of anilines is 1. The van der Waals surface area contributed by atoms with Crippen LogP contribution in [0.15, 0.2) is 71.2 Å². The molecule has 1 N–H and O–H groups in total. The van der Waals surface area contributed by atoms with E-state index in [1.54, 1.807) is 23.5 Å². The lowest BCUT2D eigenvalue weighted by molar-refractivity contribution is -0.120. The molecule has 1 saturated heterocycles. The van der Waals surface area contributed by atoms with E-state index in [4.69, 9.17) is 4.74 Å². The summed E-state index contributed by atoms with van der Waals surface area (Å²) in [5.74, 6) is -0.000121. The Morgan fingerprint density at radius 1 is 1.15 bits per heavy atom. The third-order valence-electron chi connectivity index (χ3n) is 5.99. The van der Waals surface area contributed by atoms with E-state index in [2.05, 4.69) is 10.3 Å². The highest BCUT2D eigenvalue weighted by Crippen LogP contribution is 2.27. The molecule has 1 unspecified atom stereocenters. The number of nitrogens with zero attached hydrogens (tertiary/aromatic N) is 3. The average Bonchev–Trinajstić information content (AvgIpc) is 3.47. The van der Waals surface area contributed by atoms with Gasteiger partial charge in [0.05, 0.1) is 23.6 Å². The van der Waals surface area contributed by atoms with Gasteiger partial charge in [0.15, 0.2) is 4.96 Å². The van der Waals surface area contributed by atoms with Crippen molar-refractivity contribution in [3.8, 4) is 17.0 Å². The Bertz CT molecular complexity index is 1380. The minimum atomic E-state index is -3.68. The van der Waals surface area contributed by atoms with Gasteiger partial charge in [-0.25, -0.2) is 13.4 Å². The number of rotatable bonds is 6. The van der Waals surface area contributed by atoms with Crippen LogP contribution in [0.5, 0.6) is 5.75 Å². The van der Waals surface area contributed by atoms with Crippen molar-refractivity contribution in [1.29, 1.82) is 0 Å². The second-order valence-corrected chi connectivity index (χ2v) is 11.0. The fourth-order valence-electron chi connectivity index (χ4n) is 4.11. The van der Waals surface area contributed by atoms with E-state index in [0.717, 1.165) is 16.2 Å². The summed E-state index contributed by atoms with van der Waals surface area (Å²) in [5, 5.41) is 4.92. The van der Waals surface area contributed by atoms with Crippen molar-refractivity contribution in [2.75, 3.05) is 25.5 Å². The highest BCUT2D eigenvalue weighted by atomic mass is 32.2. The summed E-state index contributed by atoms with van der Waals surface area (Å²) < 4.78 is 34.6. The van der Waals surface area contributed by atoms with Crippen LogP contribution in [0.25, 0.3) is 16.2 Å². The Kier molecular flexibility index (Phi) is 6.11. The largest absolute Gasteiger partial charge is 0.497 e. The fraction of sp³-hybridized carbons (Fsp3) is 0.250. The Hall–Kier alpha value is -3.21. The maximum absolute atomic E-state index is 13.1. The highest BCUT2D eigenvalue weighted by molar-refractivity contribution is 7.89. The van der Waals surface area contributed by atoms with Crippen molar-refractivity contribution < 1.29 is 17.9 Å². The second-order valence-electron chi connectivity index (χ2n) is 8.16. The van der Waals surface area contributed by atoms with Gasteiger partial charge in [-0.15, -0.1) is 11.3 Å². The van der Waals surface area contributed by atoms with Gasteiger partial charge in [0.25, 0.3) is 0 Å². The van der Waals surface area contributed by atoms with Gasteiger partial charge in [0, 0.05) is 42.1 Å². The summed E-state index contributed by atoms with van der Waals surface area (Å²) in [7, 11) is -2.15. The molecule has 8 nitrogen and oxygen atoms in total. The quantitative estimate of drug-likeness (QED) is 0.434. The van der Waals surface area contributed by atoms with Crippen LogP contribution in [0, 0.1) is 5.92 Å². The number of fused-ring (bicyclic) bond motifs is 1. The lowest BCUT2D eigenvalue weighted by Gasteiger charge is -2.31. The SMILES string of the molecule is COc1ccc(S(=O)(=O)N2CCCC(C(=O)Nc3ccc(-c4cn5ccsc5n4)cc3)C2)cc1. The van der Waals surface area contributed by atoms with Gasteiger partial charge < -0.3 is 10.1 Å². The first-order valence-electron chi connectivity index (χ1n) is 10.9. The molecule has 2 aromatic carbocycles. The molecule has 2 aromatic heterocycles. The zero-order valence-electron chi connectivity index (χ0n) is 18.5. The normalized spacial score (nSPS) is 17.0. The first kappa shape index (κ1) is 22.6. The van der Waals surface area contributed by atoms with Crippen molar-refractivity contribution >= 4 is 37.9 Å². The van der Waals surface area contributed by atoms with Crippen molar-refractivity contribution in [3.05, 3.63) is 66.3 Å². The molecule has 5 rings (SSSR count). The summed E-state index contributed by atoms with van der Waals surface area (Å²) in [6.07, 6.45) is 5.21. The predicted octanol–water partition coefficient (Wildman–Crippen LogP) is 4.11. The molecule has 1 aliphatic heterocycles. The minimum Gasteiger partial charge on any atom is -0.497 e. The second kappa shape index (κ2) is 9.21. The summed E-state index contributed by atoms with van der Waals surface area (Å²) >= 11 is 1.57. The monoisotopic (exact) mass is 496 g/mol. The number of carbonyl (C=O) groups excluding carboxylic acids is 1. The molecule has 176 valence electrons. The van der Waals surface area contributed by atoms with E-state index >= 15 is 0 Å². The zero-order valence-corrected chi connectivity index (χ0v) is 20.2. The van der Waals surface area contributed by atoms with Crippen molar-refractivity contribution in [1.82, 2.24) is 13.7 Å². The number of aromatic nitrogens is 2. The number of imidazole rings is 1. The van der Waals surface area contributed by atoms with Gasteiger partial charge in [-0.1, -0.05) is 12.1 Å². The lowest BCUT2D eigenvalue weighted by atomic mass is 9.98. The molecule has 0 aliphatic carbocycles. The standard InChI is InChI=1S/C24H24N4O4S2/c1-32-20-8-10-21(11-9-20)34(30,31)28-12-2-3-18(15-28)23(29)25-19-6-4-17(5-7-19)22-16-27-13-14-33-24(27)26-22/h4-11,13-14,16,18H,2-3,12,15H2,1H3,(H,25,29). The molecule has 1 amide bonds. The van der Waals surface area contributed by atoms with Crippen LogP contribution >= 0.6 is 11.3 Å². The topological polar surface area (TPSA) is 93.0 Å². The number of nitrogens with one attached hydrogen (secondary N) is 1. The van der Waals surface area contributed by atoms with Gasteiger partial charge in [0.2, 0.25) is 15.9 Å². The number of piperidine rings is 1. The summed E-state index contributed by atoms with van der Waals surface area (Å²) in [6, 6.07) is 13.8. The maximum atomic E-state index is 13.1. The number of hydrogen-bond acceptors (Lipinski definition) is 6. The van der Waals surface area contributed by atoms with Crippen molar-refractivity contribution in [2.45, 2.75) is 17.7 Å². The maximum Gasteiger partial charge on any atom is 0.243 e. The lowest BCUT2D eigenvalue weighted by Crippen LogP contribution is -2.43. The van der Waals surface area contributed by atoms with Gasteiger partial charge in [-0.2, -0.15) is 4.31 Å². The third-order valence-corrected chi connectivity index (χ3v) is 8.64. The molecule has 0 saturated carbocycles. The van der Waals surface area contributed by atoms with Crippen LogP contribution in [0.4, 0.5) is 5.69 Å². The van der Waals surface area contributed by atoms with Crippen LogP contribution in [-0.4, -0.2) is 48.2 Å². The molecule has 10 heteroatoms. The smallest absolute Gasteiger partial charge is 0.243 e. The summed E-state index contributed by atoms with van der Waals surface area (Å²) in [5.41, 5.74) is 2.50. The van der Waals surface area contributed by atoms with E-state index in [0.29, 0.717) is 30.8 Å². The number of sulfonamides is 1. The molecule has 1 fully saturated rings. The highest BCUT2D eigenvalue weighted by Gasteiger charge is 2.33. The van der Waals surface area contributed by atoms with Crippen molar-refractivity contribution in [3.63, 3.8) is 0 Å². The van der Waals surface area contributed by atoms with E-state index in [9.17, 15) is 13.2 Å². The van der Waals surface area contributed by atoms with Gasteiger partial charge in [-0.05, 0) is 49.2 Å². The average molecular weight is 497 g/mol. The number of ether oxygens (including phenoxy) is 1. The Labute approximate surface area is 201 Å². The molecule has 0 spiro atoms. The fourth-order valence-corrected chi connectivity index (χ4v) is 6.33. The molecule has 1 aliphatic rings. The molecular formula is C24H24N4O4S2. The number of thiazole rings is 1. The van der Waals surface area contributed by atoms with E-state index in [-0.39, 0.29) is 17.3 Å². The van der Waals surface area contributed by atoms with Gasteiger partial charge in [-0.3, -0.25) is 9.20 Å². The van der Waals surface area contributed by atoms with Gasteiger partial charge in [0.1, 0.15) is 5.75 Å². The van der Waals surface area contributed by atoms with Crippen LogP contribution in [0.3, 0.4) is 0 Å². The minimum absolute atomic E-state index is 0.156. The third kappa shape index (κ3) is 4.44. The molecular weight excluding hydrogens is 472 g/mol. The molecule has 4 aromatic rings. The van der Waals surface area contributed by atoms with Crippen LogP contribution in [0.1, 0.15) is 12.8 Å². The van der Waals surface area contributed by atoms with Gasteiger partial charge >= 0.3 is 0 Å². The zero-order chi connectivity index (χ0) is 23.7. The number of benzene rings is 2. The molecule has 0 bridgehead atoms. The van der Waals surface area contributed by atoms with Crippen molar-refractivity contribution in [2.24, 2.45) is 5.92 Å². The first-order valence-corrected chi connectivity index (χ1v) is 13.2. The van der Waals surface area contributed by atoms with E-state index < -0.39 is 15.9 Å². The summed E-state index contributed by atoms with van der Waals surface area (Å²) in [6.45, 7) is 0.554. The number of carbonyl (C=O) groups is 1. The van der Waals surface area contributed by atoms with E-state index in [1.165, 1.54) is 23.5 Å². The van der Waals surface area contributed by atoms with E-state index in [1.807, 2.05) is 46.4 Å². The Morgan fingerprint density at radius 3 is 2.62 bits per heavy atom. The Balaban J connectivity index is 1.25. The predicted molar refractivity (Wildman–Crippen MR) is 132 cm³/mol. The number of hydrogen-bond donors (Lipinski definition) is 1. The molecule has 0 radical (unpaired) electrons. The summed E-state index contributed by atoms with van der Waals surface area (Å²) in [4.78, 5) is 18.7. The number of amides is 1.